The first-order valence-corrected chi connectivity index (χ1v) is 6.61. The molecule has 0 radical (unpaired) electrons. The molecule has 1 fully saturated rings. The minimum absolute atomic E-state index is 0. The summed E-state index contributed by atoms with van der Waals surface area (Å²) in [6.45, 7) is 4.32. The molecule has 1 saturated heterocycles. The van der Waals surface area contributed by atoms with E-state index in [0.717, 1.165) is 13.1 Å². The number of halogens is 1. The van der Waals surface area contributed by atoms with Crippen LogP contribution in [0.3, 0.4) is 0 Å². The number of rotatable bonds is 4. The van der Waals surface area contributed by atoms with Crippen LogP contribution >= 0.6 is 12.4 Å². The number of carbonyl (C=O) groups excluding carboxylic acids is 2. The maximum absolute atomic E-state index is 12.1. The maximum atomic E-state index is 12.1. The van der Waals surface area contributed by atoms with Gasteiger partial charge in [0.25, 0.3) is 5.91 Å². The third-order valence-corrected chi connectivity index (χ3v) is 3.32. The molecule has 3 N–H and O–H groups in total. The minimum Gasteiger partial charge on any atom is -0.484 e. The topological polar surface area (TPSA) is 84.7 Å². The predicted molar refractivity (Wildman–Crippen MR) is 81.7 cm³/mol. The number of carbonyl (C=O) groups is 2. The maximum Gasteiger partial charge on any atom is 0.260 e. The van der Waals surface area contributed by atoms with Crippen LogP contribution in [0.4, 0.5) is 0 Å². The van der Waals surface area contributed by atoms with Gasteiger partial charge in [-0.05, 0) is 31.2 Å². The van der Waals surface area contributed by atoms with Gasteiger partial charge in [0.05, 0.1) is 0 Å². The molecule has 1 aromatic carbocycles. The zero-order chi connectivity index (χ0) is 14.5. The van der Waals surface area contributed by atoms with Gasteiger partial charge in [-0.25, -0.2) is 0 Å². The number of piperazine rings is 1. The average molecular weight is 314 g/mol. The van der Waals surface area contributed by atoms with Crippen LogP contribution in [-0.2, 0) is 4.79 Å². The van der Waals surface area contributed by atoms with E-state index in [1.165, 1.54) is 0 Å². The van der Waals surface area contributed by atoms with Crippen LogP contribution in [0.1, 0.15) is 17.3 Å². The standard InChI is InChI=1S/C14H19N3O3.ClH/c1-10-8-16-6-7-17(10)13(18)9-20-12-4-2-11(3-5-12)14(15)19;/h2-5,10,16H,6-9H2,1H3,(H2,15,19);1H. The summed E-state index contributed by atoms with van der Waals surface area (Å²) >= 11 is 0. The van der Waals surface area contributed by atoms with Gasteiger partial charge in [-0.15, -0.1) is 12.4 Å². The molecule has 0 spiro atoms. The Kier molecular flexibility index (Phi) is 6.45. The number of amides is 2. The minimum atomic E-state index is -0.484. The van der Waals surface area contributed by atoms with E-state index in [1.807, 2.05) is 11.8 Å². The molecule has 6 nitrogen and oxygen atoms in total. The lowest BCUT2D eigenvalue weighted by Gasteiger charge is -2.33. The number of nitrogens with one attached hydrogen (secondary N) is 1. The van der Waals surface area contributed by atoms with Crippen molar-refractivity contribution in [2.24, 2.45) is 5.73 Å². The quantitative estimate of drug-likeness (QED) is 0.843. The molecule has 1 aliphatic rings. The summed E-state index contributed by atoms with van der Waals surface area (Å²) in [5, 5.41) is 3.23. The number of nitrogens with two attached hydrogens (primary N) is 1. The molecule has 21 heavy (non-hydrogen) atoms. The molecule has 0 bridgehead atoms. The highest BCUT2D eigenvalue weighted by molar-refractivity contribution is 5.92. The van der Waals surface area contributed by atoms with Crippen LogP contribution in [0, 0.1) is 0 Å². The Morgan fingerprint density at radius 1 is 1.38 bits per heavy atom. The van der Waals surface area contributed by atoms with Crippen LogP contribution in [0.25, 0.3) is 0 Å². The van der Waals surface area contributed by atoms with Crippen molar-refractivity contribution < 1.29 is 14.3 Å². The molecule has 2 rings (SSSR count). The molecular formula is C14H20ClN3O3. The Balaban J connectivity index is 0.00000220. The number of nitrogens with zero attached hydrogens (tertiary/aromatic N) is 1. The third-order valence-electron chi connectivity index (χ3n) is 3.32. The van der Waals surface area contributed by atoms with Crippen molar-refractivity contribution >= 4 is 24.2 Å². The fourth-order valence-corrected chi connectivity index (χ4v) is 2.15. The van der Waals surface area contributed by atoms with E-state index in [4.69, 9.17) is 10.5 Å². The summed E-state index contributed by atoms with van der Waals surface area (Å²) in [7, 11) is 0. The van der Waals surface area contributed by atoms with E-state index in [2.05, 4.69) is 5.32 Å². The fourth-order valence-electron chi connectivity index (χ4n) is 2.15. The zero-order valence-electron chi connectivity index (χ0n) is 11.9. The monoisotopic (exact) mass is 313 g/mol. The van der Waals surface area contributed by atoms with Gasteiger partial charge >= 0.3 is 0 Å². The molecule has 1 aliphatic heterocycles. The predicted octanol–water partition coefficient (Wildman–Crippen LogP) is 0.406. The molecule has 2 amide bonds. The number of primary amides is 1. The number of hydrogen-bond donors (Lipinski definition) is 2. The smallest absolute Gasteiger partial charge is 0.260 e. The summed E-state index contributed by atoms with van der Waals surface area (Å²) in [6, 6.07) is 6.60. The lowest BCUT2D eigenvalue weighted by Crippen LogP contribution is -2.53. The molecule has 0 aliphatic carbocycles. The highest BCUT2D eigenvalue weighted by atomic mass is 35.5. The van der Waals surface area contributed by atoms with Crippen molar-refractivity contribution in [1.82, 2.24) is 10.2 Å². The molecule has 0 aromatic heterocycles. The summed E-state index contributed by atoms with van der Waals surface area (Å²) in [5.41, 5.74) is 5.57. The van der Waals surface area contributed by atoms with Crippen LogP contribution in [-0.4, -0.2) is 49.0 Å². The van der Waals surface area contributed by atoms with E-state index in [9.17, 15) is 9.59 Å². The first-order chi connectivity index (χ1) is 9.58. The van der Waals surface area contributed by atoms with E-state index < -0.39 is 5.91 Å². The SMILES string of the molecule is CC1CNCCN1C(=O)COc1ccc(C(N)=O)cc1.Cl. The Bertz CT molecular complexity index is 493. The Hall–Kier alpha value is -1.79. The second-order valence-electron chi connectivity index (χ2n) is 4.82. The highest BCUT2D eigenvalue weighted by Gasteiger charge is 2.22. The summed E-state index contributed by atoms with van der Waals surface area (Å²) < 4.78 is 5.44. The molecular weight excluding hydrogens is 294 g/mol. The van der Waals surface area contributed by atoms with E-state index >= 15 is 0 Å². The van der Waals surface area contributed by atoms with Gasteiger partial charge in [0, 0.05) is 31.2 Å². The van der Waals surface area contributed by atoms with Crippen molar-refractivity contribution in [1.29, 1.82) is 0 Å². The summed E-state index contributed by atoms with van der Waals surface area (Å²) in [5.74, 6) is 0.0337. The molecule has 116 valence electrons. The normalized spacial score (nSPS) is 17.8. The average Bonchev–Trinajstić information content (AvgIpc) is 2.45. The first kappa shape index (κ1) is 17.3. The van der Waals surface area contributed by atoms with Crippen LogP contribution in [0.15, 0.2) is 24.3 Å². The zero-order valence-corrected chi connectivity index (χ0v) is 12.7. The van der Waals surface area contributed by atoms with Gasteiger partial charge in [0.2, 0.25) is 5.91 Å². The number of ether oxygens (including phenoxy) is 1. The molecule has 1 atom stereocenters. The second kappa shape index (κ2) is 7.85. The Morgan fingerprint density at radius 3 is 2.62 bits per heavy atom. The summed E-state index contributed by atoms with van der Waals surface area (Å²) in [6.07, 6.45) is 0. The van der Waals surface area contributed by atoms with Gasteiger partial charge in [-0.3, -0.25) is 9.59 Å². The largest absolute Gasteiger partial charge is 0.484 e. The third kappa shape index (κ3) is 4.61. The molecule has 1 aromatic rings. The Morgan fingerprint density at radius 2 is 2.05 bits per heavy atom. The van der Waals surface area contributed by atoms with Gasteiger partial charge in [-0.1, -0.05) is 0 Å². The lowest BCUT2D eigenvalue weighted by molar-refractivity contribution is -0.136. The van der Waals surface area contributed by atoms with Gasteiger partial charge in [0.15, 0.2) is 6.61 Å². The number of benzene rings is 1. The molecule has 7 heteroatoms. The lowest BCUT2D eigenvalue weighted by atomic mass is 10.2. The van der Waals surface area contributed by atoms with E-state index in [1.54, 1.807) is 24.3 Å². The Labute approximate surface area is 130 Å². The highest BCUT2D eigenvalue weighted by Crippen LogP contribution is 2.12. The van der Waals surface area contributed by atoms with E-state index in [-0.39, 0.29) is 31.0 Å². The number of hydrogen-bond acceptors (Lipinski definition) is 4. The fraction of sp³-hybridized carbons (Fsp3) is 0.429. The van der Waals surface area contributed by atoms with Crippen molar-refractivity contribution in [3.8, 4) is 5.75 Å². The molecule has 1 heterocycles. The molecule has 0 saturated carbocycles. The van der Waals surface area contributed by atoms with Crippen molar-refractivity contribution in [3.63, 3.8) is 0 Å². The molecule has 1 unspecified atom stereocenters. The van der Waals surface area contributed by atoms with Crippen LogP contribution in [0.5, 0.6) is 5.75 Å². The summed E-state index contributed by atoms with van der Waals surface area (Å²) in [4.78, 5) is 24.8. The van der Waals surface area contributed by atoms with Gasteiger partial charge in [0.1, 0.15) is 5.75 Å². The van der Waals surface area contributed by atoms with Gasteiger partial charge < -0.3 is 20.7 Å². The van der Waals surface area contributed by atoms with Crippen LogP contribution in [0.2, 0.25) is 0 Å². The first-order valence-electron chi connectivity index (χ1n) is 6.61. The van der Waals surface area contributed by atoms with Crippen molar-refractivity contribution in [2.75, 3.05) is 26.2 Å². The second-order valence-corrected chi connectivity index (χ2v) is 4.82. The van der Waals surface area contributed by atoms with Crippen molar-refractivity contribution in [2.45, 2.75) is 13.0 Å². The van der Waals surface area contributed by atoms with Gasteiger partial charge in [-0.2, -0.15) is 0 Å². The van der Waals surface area contributed by atoms with E-state index in [0.29, 0.717) is 17.9 Å². The van der Waals surface area contributed by atoms with Crippen molar-refractivity contribution in [3.05, 3.63) is 29.8 Å². The van der Waals surface area contributed by atoms with Crippen LogP contribution < -0.4 is 15.8 Å².